The standard InChI is InChI=1S/C22H30N4O/c1-2-10-24-13-14-26-16-20(23-21(26)17-24)22(27)25-11-8-19(9-12-25)15-18-6-4-3-5-7-18/h3-7,16,19H,2,8-15,17H2,1H3. The third-order valence-corrected chi connectivity index (χ3v) is 5.91. The number of carbonyl (C=O) groups is 1. The zero-order chi connectivity index (χ0) is 18.6. The largest absolute Gasteiger partial charge is 0.337 e. The quantitative estimate of drug-likeness (QED) is 0.816. The van der Waals surface area contributed by atoms with E-state index in [2.05, 4.69) is 51.7 Å². The van der Waals surface area contributed by atoms with E-state index in [1.54, 1.807) is 0 Å². The van der Waals surface area contributed by atoms with Crippen molar-refractivity contribution in [2.75, 3.05) is 26.2 Å². The first kappa shape index (κ1) is 18.2. The van der Waals surface area contributed by atoms with Crippen LogP contribution >= 0.6 is 0 Å². The van der Waals surface area contributed by atoms with Crippen molar-refractivity contribution in [2.45, 2.75) is 45.7 Å². The highest BCUT2D eigenvalue weighted by Crippen LogP contribution is 2.23. The zero-order valence-corrected chi connectivity index (χ0v) is 16.3. The van der Waals surface area contributed by atoms with E-state index >= 15 is 0 Å². The van der Waals surface area contributed by atoms with Gasteiger partial charge < -0.3 is 9.47 Å². The molecule has 5 nitrogen and oxygen atoms in total. The van der Waals surface area contributed by atoms with Crippen molar-refractivity contribution in [3.05, 3.63) is 53.6 Å². The lowest BCUT2D eigenvalue weighted by atomic mass is 9.90. The van der Waals surface area contributed by atoms with Gasteiger partial charge in [0.1, 0.15) is 11.5 Å². The van der Waals surface area contributed by atoms with Crippen LogP contribution in [0.2, 0.25) is 0 Å². The van der Waals surface area contributed by atoms with Gasteiger partial charge in [-0.05, 0) is 43.7 Å². The Bertz CT molecular complexity index is 762. The summed E-state index contributed by atoms with van der Waals surface area (Å²) in [5.41, 5.74) is 2.03. The van der Waals surface area contributed by atoms with Crippen molar-refractivity contribution in [1.82, 2.24) is 19.4 Å². The molecule has 0 spiro atoms. The summed E-state index contributed by atoms with van der Waals surface area (Å²) in [6.07, 6.45) is 6.41. The summed E-state index contributed by atoms with van der Waals surface area (Å²) in [6.45, 7) is 7.86. The summed E-state index contributed by atoms with van der Waals surface area (Å²) in [6, 6.07) is 10.7. The number of amides is 1. The number of carbonyl (C=O) groups excluding carboxylic acids is 1. The predicted octanol–water partition coefficient (Wildman–Crippen LogP) is 3.20. The molecule has 5 heteroatoms. The molecule has 1 aromatic heterocycles. The summed E-state index contributed by atoms with van der Waals surface area (Å²) < 4.78 is 2.17. The molecule has 0 bridgehead atoms. The van der Waals surface area contributed by atoms with E-state index in [9.17, 15) is 4.79 Å². The topological polar surface area (TPSA) is 41.4 Å². The number of benzene rings is 1. The molecule has 27 heavy (non-hydrogen) atoms. The molecule has 0 radical (unpaired) electrons. The van der Waals surface area contributed by atoms with E-state index in [4.69, 9.17) is 0 Å². The van der Waals surface area contributed by atoms with Crippen LogP contribution in [0.4, 0.5) is 0 Å². The summed E-state index contributed by atoms with van der Waals surface area (Å²) >= 11 is 0. The lowest BCUT2D eigenvalue weighted by Gasteiger charge is -2.31. The Morgan fingerprint density at radius 1 is 1.11 bits per heavy atom. The van der Waals surface area contributed by atoms with E-state index in [1.165, 1.54) is 5.56 Å². The fourth-order valence-corrected chi connectivity index (χ4v) is 4.36. The van der Waals surface area contributed by atoms with Gasteiger partial charge >= 0.3 is 0 Å². The second-order valence-electron chi connectivity index (χ2n) is 7.94. The number of hydrogen-bond acceptors (Lipinski definition) is 3. The molecule has 1 aromatic carbocycles. The van der Waals surface area contributed by atoms with Gasteiger partial charge in [-0.15, -0.1) is 0 Å². The van der Waals surface area contributed by atoms with Gasteiger partial charge in [-0.25, -0.2) is 4.98 Å². The molecule has 144 valence electrons. The van der Waals surface area contributed by atoms with Crippen molar-refractivity contribution in [3.8, 4) is 0 Å². The van der Waals surface area contributed by atoms with Gasteiger partial charge in [0.2, 0.25) is 0 Å². The van der Waals surface area contributed by atoms with Crippen LogP contribution in [-0.2, 0) is 19.5 Å². The van der Waals surface area contributed by atoms with Crippen LogP contribution in [0.15, 0.2) is 36.5 Å². The first-order chi connectivity index (χ1) is 13.2. The van der Waals surface area contributed by atoms with Gasteiger partial charge in [-0.3, -0.25) is 9.69 Å². The van der Waals surface area contributed by atoms with E-state index in [0.29, 0.717) is 11.6 Å². The summed E-state index contributed by atoms with van der Waals surface area (Å²) in [5, 5.41) is 0. The lowest BCUT2D eigenvalue weighted by molar-refractivity contribution is 0.0685. The van der Waals surface area contributed by atoms with Gasteiger partial charge in [0, 0.05) is 32.4 Å². The van der Waals surface area contributed by atoms with Gasteiger partial charge in [-0.2, -0.15) is 0 Å². The summed E-state index contributed by atoms with van der Waals surface area (Å²) in [4.78, 5) is 22.0. The Morgan fingerprint density at radius 3 is 2.63 bits per heavy atom. The SMILES string of the molecule is CCCN1CCn2cc(C(=O)N3CCC(Cc4ccccc4)CC3)nc2C1. The molecule has 3 heterocycles. The Kier molecular flexibility index (Phi) is 5.58. The molecule has 0 unspecified atom stereocenters. The van der Waals surface area contributed by atoms with E-state index < -0.39 is 0 Å². The van der Waals surface area contributed by atoms with Crippen molar-refractivity contribution >= 4 is 5.91 Å². The number of imidazole rings is 1. The van der Waals surface area contributed by atoms with E-state index in [1.807, 2.05) is 11.1 Å². The molecule has 4 rings (SSSR count). The second kappa shape index (κ2) is 8.26. The van der Waals surface area contributed by atoms with E-state index in [0.717, 1.165) is 70.8 Å². The lowest BCUT2D eigenvalue weighted by Crippen LogP contribution is -2.39. The molecule has 1 fully saturated rings. The average molecular weight is 367 g/mol. The van der Waals surface area contributed by atoms with Gasteiger partial charge in [0.05, 0.1) is 6.54 Å². The predicted molar refractivity (Wildman–Crippen MR) is 107 cm³/mol. The summed E-state index contributed by atoms with van der Waals surface area (Å²) in [7, 11) is 0. The molecule has 0 saturated carbocycles. The van der Waals surface area contributed by atoms with Gasteiger partial charge in [-0.1, -0.05) is 37.3 Å². The average Bonchev–Trinajstić information content (AvgIpc) is 3.12. The molecule has 1 saturated heterocycles. The van der Waals surface area contributed by atoms with Crippen LogP contribution in [0.1, 0.15) is 48.1 Å². The third kappa shape index (κ3) is 4.24. The van der Waals surface area contributed by atoms with Crippen LogP contribution in [0.3, 0.4) is 0 Å². The molecule has 0 atom stereocenters. The van der Waals surface area contributed by atoms with Crippen molar-refractivity contribution in [3.63, 3.8) is 0 Å². The Labute approximate surface area is 162 Å². The summed E-state index contributed by atoms with van der Waals surface area (Å²) in [5.74, 6) is 1.82. The molecule has 2 aliphatic rings. The maximum Gasteiger partial charge on any atom is 0.274 e. The Balaban J connectivity index is 1.33. The normalized spacial score (nSPS) is 18.5. The number of nitrogens with zero attached hydrogens (tertiary/aromatic N) is 4. The Hall–Kier alpha value is -2.14. The number of rotatable bonds is 5. The smallest absolute Gasteiger partial charge is 0.274 e. The fourth-order valence-electron chi connectivity index (χ4n) is 4.36. The molecule has 2 aliphatic heterocycles. The van der Waals surface area contributed by atoms with Gasteiger partial charge in [0.15, 0.2) is 0 Å². The number of hydrogen-bond donors (Lipinski definition) is 0. The molecule has 1 amide bonds. The first-order valence-electron chi connectivity index (χ1n) is 10.3. The van der Waals surface area contributed by atoms with Crippen LogP contribution < -0.4 is 0 Å². The monoisotopic (exact) mass is 366 g/mol. The van der Waals surface area contributed by atoms with Crippen molar-refractivity contribution < 1.29 is 4.79 Å². The third-order valence-electron chi connectivity index (χ3n) is 5.91. The highest BCUT2D eigenvalue weighted by molar-refractivity contribution is 5.92. The maximum absolute atomic E-state index is 12.9. The molecule has 2 aromatic rings. The molecule has 0 N–H and O–H groups in total. The second-order valence-corrected chi connectivity index (χ2v) is 7.94. The molecule has 0 aliphatic carbocycles. The minimum Gasteiger partial charge on any atom is -0.337 e. The van der Waals surface area contributed by atoms with Crippen LogP contribution in [0.25, 0.3) is 0 Å². The maximum atomic E-state index is 12.9. The molecular weight excluding hydrogens is 336 g/mol. The van der Waals surface area contributed by atoms with Crippen LogP contribution in [-0.4, -0.2) is 51.4 Å². The minimum absolute atomic E-state index is 0.108. The number of fused-ring (bicyclic) bond motifs is 1. The zero-order valence-electron chi connectivity index (χ0n) is 16.3. The highest BCUT2D eigenvalue weighted by Gasteiger charge is 2.27. The van der Waals surface area contributed by atoms with Crippen LogP contribution in [0.5, 0.6) is 0 Å². The van der Waals surface area contributed by atoms with E-state index in [-0.39, 0.29) is 5.91 Å². The van der Waals surface area contributed by atoms with Crippen molar-refractivity contribution in [2.24, 2.45) is 5.92 Å². The number of aromatic nitrogens is 2. The number of likely N-dealkylation sites (tertiary alicyclic amines) is 1. The first-order valence-corrected chi connectivity index (χ1v) is 10.3. The number of piperidine rings is 1. The molecular formula is C22H30N4O. The Morgan fingerprint density at radius 2 is 1.89 bits per heavy atom. The van der Waals surface area contributed by atoms with Crippen molar-refractivity contribution in [1.29, 1.82) is 0 Å². The fraction of sp³-hybridized carbons (Fsp3) is 0.545. The van der Waals surface area contributed by atoms with Crippen LogP contribution in [0, 0.1) is 5.92 Å². The highest BCUT2D eigenvalue weighted by atomic mass is 16.2. The van der Waals surface area contributed by atoms with Gasteiger partial charge in [0.25, 0.3) is 5.91 Å². The minimum atomic E-state index is 0.108.